The van der Waals surface area contributed by atoms with Crippen molar-refractivity contribution >= 4 is 17.5 Å². The zero-order valence-corrected chi connectivity index (χ0v) is 13.1. The normalized spacial score (nSPS) is 20.7. The number of hydrogen-bond acceptors (Lipinski definition) is 3. The number of aliphatic hydroxyl groups excluding tert-OH is 1. The first-order valence-corrected chi connectivity index (χ1v) is 7.84. The quantitative estimate of drug-likeness (QED) is 0.930. The maximum atomic E-state index is 12.6. The predicted molar refractivity (Wildman–Crippen MR) is 82.6 cm³/mol. The van der Waals surface area contributed by atoms with E-state index in [4.69, 9.17) is 16.3 Å². The summed E-state index contributed by atoms with van der Waals surface area (Å²) in [5.74, 6) is 0.422. The maximum Gasteiger partial charge on any atom is 0.263 e. The van der Waals surface area contributed by atoms with Gasteiger partial charge in [-0.3, -0.25) is 4.79 Å². The average molecular weight is 312 g/mol. The molecule has 1 aliphatic rings. The number of aliphatic hydroxyl groups is 1. The Balaban J connectivity index is 2.05. The van der Waals surface area contributed by atoms with Crippen LogP contribution >= 0.6 is 11.6 Å². The molecule has 1 aromatic rings. The molecule has 4 nitrogen and oxygen atoms in total. The molecule has 0 aromatic heterocycles. The number of carbonyl (C=O) groups is 1. The van der Waals surface area contributed by atoms with E-state index in [0.717, 1.165) is 25.7 Å². The summed E-state index contributed by atoms with van der Waals surface area (Å²) in [5.41, 5.74) is 0. The van der Waals surface area contributed by atoms with Gasteiger partial charge in [0, 0.05) is 6.54 Å². The highest BCUT2D eigenvalue weighted by molar-refractivity contribution is 6.32. The molecule has 1 aliphatic heterocycles. The van der Waals surface area contributed by atoms with Crippen LogP contribution in [-0.4, -0.2) is 41.2 Å². The Morgan fingerprint density at radius 2 is 2.19 bits per heavy atom. The van der Waals surface area contributed by atoms with E-state index in [1.807, 2.05) is 12.1 Å². The molecule has 1 N–H and O–H groups in total. The van der Waals surface area contributed by atoms with Crippen molar-refractivity contribution in [2.75, 3.05) is 13.2 Å². The Morgan fingerprint density at radius 3 is 2.90 bits per heavy atom. The van der Waals surface area contributed by atoms with Crippen LogP contribution < -0.4 is 4.74 Å². The highest BCUT2D eigenvalue weighted by atomic mass is 35.5. The van der Waals surface area contributed by atoms with Gasteiger partial charge in [-0.25, -0.2) is 0 Å². The van der Waals surface area contributed by atoms with Crippen LogP contribution in [0.5, 0.6) is 5.75 Å². The van der Waals surface area contributed by atoms with Gasteiger partial charge in [0.15, 0.2) is 6.10 Å². The summed E-state index contributed by atoms with van der Waals surface area (Å²) >= 11 is 6.05. The van der Waals surface area contributed by atoms with Crippen molar-refractivity contribution in [1.29, 1.82) is 0 Å². The monoisotopic (exact) mass is 311 g/mol. The first-order chi connectivity index (χ1) is 10.1. The van der Waals surface area contributed by atoms with E-state index < -0.39 is 6.10 Å². The molecule has 21 heavy (non-hydrogen) atoms. The Labute approximate surface area is 130 Å². The van der Waals surface area contributed by atoms with Gasteiger partial charge in [-0.2, -0.15) is 0 Å². The summed E-state index contributed by atoms with van der Waals surface area (Å²) in [7, 11) is 0. The number of halogens is 1. The molecule has 0 aliphatic carbocycles. The molecule has 0 spiro atoms. The zero-order valence-electron chi connectivity index (χ0n) is 12.3. The zero-order chi connectivity index (χ0) is 15.2. The maximum absolute atomic E-state index is 12.6. The number of ether oxygens (including phenoxy) is 1. The second-order valence-electron chi connectivity index (χ2n) is 5.41. The van der Waals surface area contributed by atoms with E-state index in [1.165, 1.54) is 0 Å². The van der Waals surface area contributed by atoms with Crippen LogP contribution in [0.1, 0.15) is 32.6 Å². The highest BCUT2D eigenvalue weighted by Gasteiger charge is 2.29. The molecular weight excluding hydrogens is 290 g/mol. The van der Waals surface area contributed by atoms with Crippen molar-refractivity contribution in [3.05, 3.63) is 29.3 Å². The number of rotatable bonds is 4. The van der Waals surface area contributed by atoms with Crippen LogP contribution in [-0.2, 0) is 4.79 Å². The third kappa shape index (κ3) is 4.11. The Kier molecular flexibility index (Phi) is 5.88. The summed E-state index contributed by atoms with van der Waals surface area (Å²) in [6.45, 7) is 2.41. The fourth-order valence-electron chi connectivity index (χ4n) is 2.67. The lowest BCUT2D eigenvalue weighted by molar-refractivity contribution is -0.141. The van der Waals surface area contributed by atoms with Crippen LogP contribution in [0.2, 0.25) is 5.02 Å². The molecule has 0 radical (unpaired) electrons. The Bertz CT molecular complexity index is 480. The minimum atomic E-state index is -0.614. The predicted octanol–water partition coefficient (Wildman–Crippen LogP) is 2.87. The molecule has 1 fully saturated rings. The third-order valence-corrected chi connectivity index (χ3v) is 4.17. The van der Waals surface area contributed by atoms with Crippen molar-refractivity contribution in [1.82, 2.24) is 4.90 Å². The lowest BCUT2D eigenvalue weighted by Gasteiger charge is -2.31. The molecule has 116 valence electrons. The molecular formula is C16H22ClNO3. The molecule has 2 unspecified atom stereocenters. The molecule has 0 saturated carbocycles. The largest absolute Gasteiger partial charge is 0.479 e. The fourth-order valence-corrected chi connectivity index (χ4v) is 2.85. The van der Waals surface area contributed by atoms with Crippen LogP contribution in [0, 0.1) is 0 Å². The molecule has 0 bridgehead atoms. The van der Waals surface area contributed by atoms with Gasteiger partial charge in [-0.1, -0.05) is 36.6 Å². The van der Waals surface area contributed by atoms with Crippen molar-refractivity contribution < 1.29 is 14.6 Å². The van der Waals surface area contributed by atoms with Gasteiger partial charge < -0.3 is 14.7 Å². The average Bonchev–Trinajstić information content (AvgIpc) is 2.73. The fraction of sp³-hybridized carbons (Fsp3) is 0.562. The lowest BCUT2D eigenvalue weighted by Crippen LogP contribution is -2.47. The number of nitrogens with zero attached hydrogens (tertiary/aromatic N) is 1. The van der Waals surface area contributed by atoms with Crippen molar-refractivity contribution in [2.24, 2.45) is 0 Å². The van der Waals surface area contributed by atoms with E-state index in [0.29, 0.717) is 17.3 Å². The van der Waals surface area contributed by atoms with Crippen LogP contribution in [0.25, 0.3) is 0 Å². The summed E-state index contributed by atoms with van der Waals surface area (Å²) in [5, 5.41) is 9.99. The van der Waals surface area contributed by atoms with Crippen molar-refractivity contribution in [3.8, 4) is 5.75 Å². The van der Waals surface area contributed by atoms with Gasteiger partial charge in [0.1, 0.15) is 5.75 Å². The summed E-state index contributed by atoms with van der Waals surface area (Å²) in [6.07, 6.45) is 3.36. The smallest absolute Gasteiger partial charge is 0.263 e. The number of amides is 1. The van der Waals surface area contributed by atoms with E-state index >= 15 is 0 Å². The summed E-state index contributed by atoms with van der Waals surface area (Å²) in [4.78, 5) is 14.3. The topological polar surface area (TPSA) is 49.8 Å². The van der Waals surface area contributed by atoms with Crippen molar-refractivity contribution in [2.45, 2.75) is 44.8 Å². The first-order valence-electron chi connectivity index (χ1n) is 7.46. The van der Waals surface area contributed by atoms with Crippen molar-refractivity contribution in [3.63, 3.8) is 0 Å². The minimum Gasteiger partial charge on any atom is -0.479 e. The van der Waals surface area contributed by atoms with Gasteiger partial charge in [-0.15, -0.1) is 0 Å². The van der Waals surface area contributed by atoms with Gasteiger partial charge in [-0.05, 0) is 31.9 Å². The number of likely N-dealkylation sites (tertiary alicyclic amines) is 1. The molecule has 1 aromatic carbocycles. The number of benzene rings is 1. The van der Waals surface area contributed by atoms with Gasteiger partial charge in [0.05, 0.1) is 17.7 Å². The first kappa shape index (κ1) is 16.1. The molecule has 1 saturated heterocycles. The summed E-state index contributed by atoms with van der Waals surface area (Å²) < 4.78 is 5.69. The molecule has 5 heteroatoms. The minimum absolute atomic E-state index is 0.00452. The lowest BCUT2D eigenvalue weighted by atomic mass is 10.1. The SMILES string of the molecule is CC(Oc1ccccc1Cl)C(=O)N1CCCCCC1CO. The third-order valence-electron chi connectivity index (χ3n) is 3.86. The molecule has 2 rings (SSSR count). The molecule has 1 heterocycles. The van der Waals surface area contributed by atoms with Crippen LogP contribution in [0.4, 0.5) is 0 Å². The van der Waals surface area contributed by atoms with E-state index in [-0.39, 0.29) is 18.6 Å². The van der Waals surface area contributed by atoms with E-state index in [1.54, 1.807) is 24.0 Å². The Morgan fingerprint density at radius 1 is 1.43 bits per heavy atom. The van der Waals surface area contributed by atoms with Gasteiger partial charge in [0.2, 0.25) is 0 Å². The standard InChI is InChI=1S/C16H22ClNO3/c1-12(21-15-9-5-4-8-14(15)17)16(20)18-10-6-2-3-7-13(18)11-19/h4-5,8-9,12-13,19H,2-3,6-7,10-11H2,1H3. The van der Waals surface area contributed by atoms with E-state index in [9.17, 15) is 9.90 Å². The Hall–Kier alpha value is -1.26. The number of hydrogen-bond donors (Lipinski definition) is 1. The second kappa shape index (κ2) is 7.66. The second-order valence-corrected chi connectivity index (χ2v) is 5.82. The molecule has 1 amide bonds. The molecule has 2 atom stereocenters. The van der Waals surface area contributed by atoms with Gasteiger partial charge >= 0.3 is 0 Å². The van der Waals surface area contributed by atoms with Gasteiger partial charge in [0.25, 0.3) is 5.91 Å². The summed E-state index contributed by atoms with van der Waals surface area (Å²) in [6, 6.07) is 7.02. The number of para-hydroxylation sites is 1. The van der Waals surface area contributed by atoms with Crippen LogP contribution in [0.3, 0.4) is 0 Å². The van der Waals surface area contributed by atoms with E-state index in [2.05, 4.69) is 0 Å². The van der Waals surface area contributed by atoms with Crippen LogP contribution in [0.15, 0.2) is 24.3 Å². The number of carbonyl (C=O) groups excluding carboxylic acids is 1. The highest BCUT2D eigenvalue weighted by Crippen LogP contribution is 2.25.